The molecule has 2 rings (SSSR count). The van der Waals surface area contributed by atoms with E-state index in [0.717, 1.165) is 23.3 Å². The Bertz CT molecular complexity index is 643. The lowest BCUT2D eigenvalue weighted by Gasteiger charge is -2.16. The zero-order valence-corrected chi connectivity index (χ0v) is 14.6. The number of hydrogen-bond donors (Lipinski definition) is 0. The molecular weight excluding hydrogens is 302 g/mol. The van der Waals surface area contributed by atoms with Gasteiger partial charge in [0.25, 0.3) is 0 Å². The summed E-state index contributed by atoms with van der Waals surface area (Å²) in [6, 6.07) is 7.91. The molecule has 0 saturated heterocycles. The van der Waals surface area contributed by atoms with E-state index in [1.807, 2.05) is 36.7 Å². The van der Waals surface area contributed by atoms with E-state index in [-0.39, 0.29) is 17.8 Å². The average molecular weight is 327 g/mol. The molecule has 4 heteroatoms. The molecule has 1 aromatic rings. The predicted octanol–water partition coefficient (Wildman–Crippen LogP) is 4.07. The van der Waals surface area contributed by atoms with Gasteiger partial charge < -0.3 is 9.47 Å². The van der Waals surface area contributed by atoms with Crippen molar-refractivity contribution in [3.8, 4) is 5.75 Å². The fraction of sp³-hybridized carbons (Fsp3) is 0.400. The summed E-state index contributed by atoms with van der Waals surface area (Å²) in [6.45, 7) is 6.81. The fourth-order valence-corrected chi connectivity index (χ4v) is 2.21. The number of Topliss-reactive ketones (excluding diaryl/α,β-unsaturated/α-hetero) is 1. The minimum Gasteiger partial charge on any atom is -0.491 e. The van der Waals surface area contributed by atoms with Crippen LogP contribution in [0.15, 0.2) is 47.6 Å². The molecule has 0 bridgehead atoms. The minimum atomic E-state index is 0.0151. The Morgan fingerprint density at radius 3 is 2.62 bits per heavy atom. The molecule has 1 aliphatic heterocycles. The summed E-state index contributed by atoms with van der Waals surface area (Å²) in [7, 11) is 0. The number of carbonyl (C=O) groups is 1. The molecule has 0 saturated carbocycles. The van der Waals surface area contributed by atoms with Crippen molar-refractivity contribution in [1.82, 2.24) is 0 Å². The molecule has 0 aliphatic carbocycles. The van der Waals surface area contributed by atoms with Crippen LogP contribution in [0.3, 0.4) is 0 Å². The molecule has 0 N–H and O–H groups in total. The van der Waals surface area contributed by atoms with Gasteiger partial charge in [-0.15, -0.1) is 0 Å². The molecular formula is C20H25NO3. The Morgan fingerprint density at radius 2 is 1.96 bits per heavy atom. The zero-order chi connectivity index (χ0) is 17.4. The van der Waals surface area contributed by atoms with Crippen molar-refractivity contribution in [2.45, 2.75) is 27.2 Å². The van der Waals surface area contributed by atoms with Crippen LogP contribution in [-0.2, 0) is 9.53 Å². The van der Waals surface area contributed by atoms with Crippen LogP contribution in [0.2, 0.25) is 0 Å². The molecule has 4 nitrogen and oxygen atoms in total. The highest BCUT2D eigenvalue weighted by Gasteiger charge is 2.16. The van der Waals surface area contributed by atoms with E-state index >= 15 is 0 Å². The Balaban J connectivity index is 1.90. The Morgan fingerprint density at radius 1 is 1.21 bits per heavy atom. The van der Waals surface area contributed by atoms with Gasteiger partial charge in [0.2, 0.25) is 0 Å². The Hall–Kier alpha value is -2.20. The number of benzene rings is 1. The summed E-state index contributed by atoms with van der Waals surface area (Å²) in [5.41, 5.74) is 2.20. The van der Waals surface area contributed by atoms with Crippen LogP contribution >= 0.6 is 0 Å². The molecule has 1 aliphatic rings. The van der Waals surface area contributed by atoms with E-state index in [1.165, 1.54) is 6.92 Å². The van der Waals surface area contributed by atoms with Crippen molar-refractivity contribution < 1.29 is 14.3 Å². The summed E-state index contributed by atoms with van der Waals surface area (Å²) in [4.78, 5) is 15.2. The Kier molecular flexibility index (Phi) is 6.50. The summed E-state index contributed by atoms with van der Waals surface area (Å²) in [5, 5.41) is 0. The summed E-state index contributed by atoms with van der Waals surface area (Å²) in [5.74, 6) is 0.802. The zero-order valence-electron chi connectivity index (χ0n) is 14.6. The maximum absolute atomic E-state index is 10.8. The van der Waals surface area contributed by atoms with Crippen LogP contribution in [-0.4, -0.2) is 31.8 Å². The van der Waals surface area contributed by atoms with Crippen LogP contribution in [0.25, 0.3) is 5.57 Å². The third-order valence-corrected chi connectivity index (χ3v) is 3.98. The summed E-state index contributed by atoms with van der Waals surface area (Å²) >= 11 is 0. The molecule has 0 amide bonds. The molecule has 128 valence electrons. The molecule has 0 spiro atoms. The molecule has 1 heterocycles. The first kappa shape index (κ1) is 18.1. The van der Waals surface area contributed by atoms with Crippen molar-refractivity contribution in [3.63, 3.8) is 0 Å². The van der Waals surface area contributed by atoms with E-state index < -0.39 is 0 Å². The molecule has 0 fully saturated rings. The van der Waals surface area contributed by atoms with Gasteiger partial charge in [0, 0.05) is 17.8 Å². The van der Waals surface area contributed by atoms with E-state index in [1.54, 1.807) is 0 Å². The van der Waals surface area contributed by atoms with Crippen LogP contribution < -0.4 is 4.74 Å². The first-order valence-corrected chi connectivity index (χ1v) is 8.26. The standard InChI is InChI=1S/C20H25NO3/c1-4-20(3)10-9-18(13-21-15-20)17-5-7-19(8-6-17)24-12-11-23-14-16(2)22/h5-10,13,15H,4,11-12,14H2,1-3H3. The second-order valence-electron chi connectivity index (χ2n) is 6.18. The number of aliphatic imine (C=N–C) groups is 1. The largest absolute Gasteiger partial charge is 0.491 e. The van der Waals surface area contributed by atoms with Crippen LogP contribution in [0.1, 0.15) is 32.8 Å². The first-order chi connectivity index (χ1) is 11.5. The number of hydrogen-bond acceptors (Lipinski definition) is 4. The fourth-order valence-electron chi connectivity index (χ4n) is 2.21. The first-order valence-electron chi connectivity index (χ1n) is 8.26. The molecule has 0 radical (unpaired) electrons. The van der Waals surface area contributed by atoms with Gasteiger partial charge in [0.05, 0.1) is 6.61 Å². The van der Waals surface area contributed by atoms with E-state index in [2.05, 4.69) is 31.0 Å². The number of rotatable bonds is 8. The van der Waals surface area contributed by atoms with E-state index in [9.17, 15) is 4.79 Å². The quantitative estimate of drug-likeness (QED) is 0.676. The summed E-state index contributed by atoms with van der Waals surface area (Å²) < 4.78 is 10.8. The van der Waals surface area contributed by atoms with Crippen LogP contribution in [0, 0.1) is 5.41 Å². The number of ether oxygens (including phenoxy) is 2. The van der Waals surface area contributed by atoms with Gasteiger partial charge >= 0.3 is 0 Å². The van der Waals surface area contributed by atoms with Gasteiger partial charge in [-0.2, -0.15) is 0 Å². The summed E-state index contributed by atoms with van der Waals surface area (Å²) in [6.07, 6.45) is 9.23. The molecule has 1 aromatic carbocycles. The van der Waals surface area contributed by atoms with Gasteiger partial charge in [-0.3, -0.25) is 9.79 Å². The molecule has 1 atom stereocenters. The van der Waals surface area contributed by atoms with Gasteiger partial charge in [0.15, 0.2) is 5.78 Å². The monoisotopic (exact) mass is 327 g/mol. The lowest BCUT2D eigenvalue weighted by atomic mass is 9.88. The van der Waals surface area contributed by atoms with E-state index in [4.69, 9.17) is 9.47 Å². The highest BCUT2D eigenvalue weighted by Crippen LogP contribution is 2.27. The van der Waals surface area contributed by atoms with Gasteiger partial charge in [-0.25, -0.2) is 0 Å². The second kappa shape index (κ2) is 8.60. The number of ketones is 1. The predicted molar refractivity (Wildman–Crippen MR) is 97.4 cm³/mol. The maximum Gasteiger partial charge on any atom is 0.155 e. The maximum atomic E-state index is 10.8. The SMILES string of the molecule is CCC1(C)C=CC(c2ccc(OCCOCC(C)=O)cc2)=CN=C1. The second-order valence-corrected chi connectivity index (χ2v) is 6.18. The highest BCUT2D eigenvalue weighted by molar-refractivity contribution is 5.80. The minimum absolute atomic E-state index is 0.0151. The molecule has 0 aromatic heterocycles. The lowest BCUT2D eigenvalue weighted by molar-refractivity contribution is -0.121. The van der Waals surface area contributed by atoms with Gasteiger partial charge in [-0.05, 0) is 36.6 Å². The topological polar surface area (TPSA) is 47.9 Å². The Labute approximate surface area is 143 Å². The van der Waals surface area contributed by atoms with Crippen LogP contribution in [0.4, 0.5) is 0 Å². The number of carbonyl (C=O) groups excluding carboxylic acids is 1. The molecule has 24 heavy (non-hydrogen) atoms. The molecule has 1 unspecified atom stereocenters. The van der Waals surface area contributed by atoms with Crippen molar-refractivity contribution in [2.75, 3.05) is 19.8 Å². The highest BCUT2D eigenvalue weighted by atomic mass is 16.5. The van der Waals surface area contributed by atoms with E-state index in [0.29, 0.717) is 13.2 Å². The normalized spacial score (nSPS) is 19.7. The third kappa shape index (κ3) is 5.46. The van der Waals surface area contributed by atoms with Gasteiger partial charge in [0.1, 0.15) is 19.0 Å². The van der Waals surface area contributed by atoms with Crippen molar-refractivity contribution in [3.05, 3.63) is 48.2 Å². The third-order valence-electron chi connectivity index (χ3n) is 3.98. The lowest BCUT2D eigenvalue weighted by Crippen LogP contribution is -2.12. The van der Waals surface area contributed by atoms with Gasteiger partial charge in [-0.1, -0.05) is 38.1 Å². The smallest absolute Gasteiger partial charge is 0.155 e. The average Bonchev–Trinajstić information content (AvgIpc) is 2.77. The van der Waals surface area contributed by atoms with Crippen molar-refractivity contribution in [1.29, 1.82) is 0 Å². The van der Waals surface area contributed by atoms with Crippen LogP contribution in [0.5, 0.6) is 5.75 Å². The van der Waals surface area contributed by atoms with Crippen molar-refractivity contribution in [2.24, 2.45) is 10.4 Å². The number of nitrogens with zero attached hydrogens (tertiary/aromatic N) is 1. The number of allylic oxidation sites excluding steroid dienone is 3. The van der Waals surface area contributed by atoms with Crippen molar-refractivity contribution >= 4 is 17.6 Å².